The number of benzene rings is 1. The van der Waals surface area contributed by atoms with Gasteiger partial charge in [-0.1, -0.05) is 0 Å². The molecule has 0 atom stereocenters. The van der Waals surface area contributed by atoms with Gasteiger partial charge >= 0.3 is 0 Å². The number of hydrogen-bond donors (Lipinski definition) is 1. The number of aliphatic hydroxyl groups excluding tert-OH is 1. The minimum absolute atomic E-state index is 0.0903. The number of halogens is 1. The van der Waals surface area contributed by atoms with Crippen LogP contribution in [-0.4, -0.2) is 17.2 Å². The first-order valence-electron chi connectivity index (χ1n) is 5.12. The van der Waals surface area contributed by atoms with Crippen molar-refractivity contribution in [2.75, 3.05) is 7.11 Å². The fourth-order valence-electron chi connectivity index (χ4n) is 1.61. The smallest absolute Gasteiger partial charge is 0.142 e. The van der Waals surface area contributed by atoms with Crippen LogP contribution >= 0.6 is 0 Å². The lowest BCUT2D eigenvalue weighted by Crippen LogP contribution is -1.90. The molecule has 1 aromatic carbocycles. The van der Waals surface area contributed by atoms with Crippen molar-refractivity contribution < 1.29 is 14.2 Å². The molecular formula is C13H12FNO2. The van der Waals surface area contributed by atoms with Crippen molar-refractivity contribution in [2.45, 2.75) is 6.61 Å². The van der Waals surface area contributed by atoms with Gasteiger partial charge in [-0.3, -0.25) is 4.98 Å². The summed E-state index contributed by atoms with van der Waals surface area (Å²) in [6, 6.07) is 6.67. The quantitative estimate of drug-likeness (QED) is 0.885. The molecule has 1 N–H and O–H groups in total. The lowest BCUT2D eigenvalue weighted by Gasteiger charge is -2.07. The normalized spacial score (nSPS) is 10.3. The Labute approximate surface area is 98.5 Å². The first kappa shape index (κ1) is 11.5. The third kappa shape index (κ3) is 2.60. The van der Waals surface area contributed by atoms with Crippen molar-refractivity contribution in [3.63, 3.8) is 0 Å². The van der Waals surface area contributed by atoms with Gasteiger partial charge in [0.05, 0.1) is 19.9 Å². The summed E-state index contributed by atoms with van der Waals surface area (Å²) < 4.78 is 18.2. The number of aromatic nitrogens is 1. The van der Waals surface area contributed by atoms with Crippen LogP contribution < -0.4 is 4.74 Å². The summed E-state index contributed by atoms with van der Waals surface area (Å²) in [4.78, 5) is 3.79. The molecule has 0 spiro atoms. The van der Waals surface area contributed by atoms with E-state index in [1.165, 1.54) is 6.07 Å². The van der Waals surface area contributed by atoms with Crippen LogP contribution in [0, 0.1) is 5.82 Å². The summed E-state index contributed by atoms with van der Waals surface area (Å²) >= 11 is 0. The first-order chi connectivity index (χ1) is 8.22. The number of pyridine rings is 1. The first-order valence-corrected chi connectivity index (χ1v) is 5.12. The highest BCUT2D eigenvalue weighted by Crippen LogP contribution is 2.26. The molecule has 0 bridgehead atoms. The van der Waals surface area contributed by atoms with Crippen LogP contribution in [0.3, 0.4) is 0 Å². The monoisotopic (exact) mass is 233 g/mol. The Morgan fingerprint density at radius 2 is 2.00 bits per heavy atom. The van der Waals surface area contributed by atoms with E-state index < -0.39 is 5.82 Å². The third-order valence-electron chi connectivity index (χ3n) is 2.42. The number of hydrogen-bond acceptors (Lipinski definition) is 3. The maximum absolute atomic E-state index is 13.1. The molecule has 2 rings (SSSR count). The van der Waals surface area contributed by atoms with E-state index in [-0.39, 0.29) is 6.61 Å². The molecule has 0 amide bonds. The Bertz CT molecular complexity index is 506. The zero-order valence-corrected chi connectivity index (χ0v) is 9.35. The molecule has 0 unspecified atom stereocenters. The van der Waals surface area contributed by atoms with E-state index in [4.69, 9.17) is 9.84 Å². The highest BCUT2D eigenvalue weighted by Gasteiger charge is 2.04. The zero-order chi connectivity index (χ0) is 12.3. The van der Waals surface area contributed by atoms with Crippen LogP contribution in [0.4, 0.5) is 4.39 Å². The number of nitrogens with zero attached hydrogens (tertiary/aromatic N) is 1. The Hall–Kier alpha value is -1.94. The van der Waals surface area contributed by atoms with Gasteiger partial charge in [-0.2, -0.15) is 0 Å². The standard InChI is InChI=1S/C13H12FNO2/c1-17-13-3-9(8-16)2-10(5-13)11-4-12(14)7-15-6-11/h2-7,16H,8H2,1H3. The van der Waals surface area contributed by atoms with Gasteiger partial charge < -0.3 is 9.84 Å². The van der Waals surface area contributed by atoms with Gasteiger partial charge in [-0.25, -0.2) is 4.39 Å². The van der Waals surface area contributed by atoms with Crippen molar-refractivity contribution in [3.8, 4) is 16.9 Å². The predicted octanol–water partition coefficient (Wildman–Crippen LogP) is 2.39. The second-order valence-corrected chi connectivity index (χ2v) is 3.62. The average molecular weight is 233 g/mol. The summed E-state index contributed by atoms with van der Waals surface area (Å²) in [7, 11) is 1.55. The van der Waals surface area contributed by atoms with Crippen molar-refractivity contribution in [1.29, 1.82) is 0 Å². The summed E-state index contributed by atoms with van der Waals surface area (Å²) in [5.74, 6) is 0.228. The molecule has 0 aliphatic carbocycles. The van der Waals surface area contributed by atoms with Crippen LogP contribution in [0.5, 0.6) is 5.75 Å². The number of methoxy groups -OCH3 is 1. The van der Waals surface area contributed by atoms with Crippen LogP contribution in [-0.2, 0) is 6.61 Å². The van der Waals surface area contributed by atoms with Crippen LogP contribution in [0.25, 0.3) is 11.1 Å². The van der Waals surface area contributed by atoms with Crippen LogP contribution in [0.2, 0.25) is 0 Å². The molecule has 0 saturated heterocycles. The molecule has 17 heavy (non-hydrogen) atoms. The van der Waals surface area contributed by atoms with Gasteiger partial charge in [-0.15, -0.1) is 0 Å². The molecule has 4 heteroatoms. The van der Waals surface area contributed by atoms with E-state index >= 15 is 0 Å². The Kier molecular flexibility index (Phi) is 3.35. The van der Waals surface area contributed by atoms with Gasteiger partial charge in [0.25, 0.3) is 0 Å². The fourth-order valence-corrected chi connectivity index (χ4v) is 1.61. The highest BCUT2D eigenvalue weighted by molar-refractivity contribution is 5.65. The average Bonchev–Trinajstić information content (AvgIpc) is 2.38. The van der Waals surface area contributed by atoms with E-state index in [2.05, 4.69) is 4.98 Å². The number of aliphatic hydroxyl groups is 1. The van der Waals surface area contributed by atoms with E-state index in [0.717, 1.165) is 11.8 Å². The summed E-state index contributed by atoms with van der Waals surface area (Å²) in [6.45, 7) is -0.0903. The second-order valence-electron chi connectivity index (χ2n) is 3.62. The molecule has 0 saturated carbocycles. The Morgan fingerprint density at radius 3 is 2.65 bits per heavy atom. The molecule has 0 aliphatic rings. The minimum Gasteiger partial charge on any atom is -0.497 e. The largest absolute Gasteiger partial charge is 0.497 e. The van der Waals surface area contributed by atoms with Gasteiger partial charge in [0.2, 0.25) is 0 Å². The van der Waals surface area contributed by atoms with E-state index in [1.807, 2.05) is 0 Å². The van der Waals surface area contributed by atoms with Gasteiger partial charge in [0.1, 0.15) is 11.6 Å². The van der Waals surface area contributed by atoms with Crippen molar-refractivity contribution >= 4 is 0 Å². The van der Waals surface area contributed by atoms with Crippen molar-refractivity contribution in [3.05, 3.63) is 48.0 Å². The molecule has 88 valence electrons. The molecular weight excluding hydrogens is 221 g/mol. The molecule has 2 aromatic rings. The van der Waals surface area contributed by atoms with E-state index in [9.17, 15) is 4.39 Å². The SMILES string of the molecule is COc1cc(CO)cc(-c2cncc(F)c2)c1. The number of rotatable bonds is 3. The van der Waals surface area contributed by atoms with Crippen molar-refractivity contribution in [2.24, 2.45) is 0 Å². The lowest BCUT2D eigenvalue weighted by atomic mass is 10.0. The molecule has 1 heterocycles. The van der Waals surface area contributed by atoms with Crippen LogP contribution in [0.15, 0.2) is 36.7 Å². The van der Waals surface area contributed by atoms with Gasteiger partial charge in [0, 0.05) is 11.8 Å². The highest BCUT2D eigenvalue weighted by atomic mass is 19.1. The molecule has 3 nitrogen and oxygen atoms in total. The fraction of sp³-hybridized carbons (Fsp3) is 0.154. The number of ether oxygens (including phenoxy) is 1. The minimum atomic E-state index is -0.393. The Morgan fingerprint density at radius 1 is 1.18 bits per heavy atom. The van der Waals surface area contributed by atoms with Gasteiger partial charge in [0.15, 0.2) is 0 Å². The zero-order valence-electron chi connectivity index (χ0n) is 9.35. The van der Waals surface area contributed by atoms with Gasteiger partial charge in [-0.05, 0) is 35.4 Å². The summed E-state index contributed by atoms with van der Waals surface area (Å²) in [6.07, 6.45) is 2.72. The molecule has 0 aliphatic heterocycles. The molecule has 0 radical (unpaired) electrons. The predicted molar refractivity (Wildman–Crippen MR) is 62.1 cm³/mol. The van der Waals surface area contributed by atoms with E-state index in [1.54, 1.807) is 31.5 Å². The third-order valence-corrected chi connectivity index (χ3v) is 2.42. The molecule has 1 aromatic heterocycles. The molecule has 0 fully saturated rings. The van der Waals surface area contributed by atoms with Crippen molar-refractivity contribution in [1.82, 2.24) is 4.98 Å². The van der Waals surface area contributed by atoms with Crippen LogP contribution in [0.1, 0.15) is 5.56 Å². The maximum atomic E-state index is 13.1. The summed E-state index contributed by atoms with van der Waals surface area (Å²) in [5.41, 5.74) is 2.13. The maximum Gasteiger partial charge on any atom is 0.142 e. The Balaban J connectivity index is 2.50. The second kappa shape index (κ2) is 4.93. The topological polar surface area (TPSA) is 42.4 Å². The lowest BCUT2D eigenvalue weighted by molar-refractivity contribution is 0.281. The summed E-state index contributed by atoms with van der Waals surface area (Å²) in [5, 5.41) is 9.14. The van der Waals surface area contributed by atoms with E-state index in [0.29, 0.717) is 16.9 Å².